The Morgan fingerprint density at radius 1 is 1.14 bits per heavy atom. The van der Waals surface area contributed by atoms with Gasteiger partial charge < -0.3 is 10.1 Å². The van der Waals surface area contributed by atoms with Crippen LogP contribution in [-0.4, -0.2) is 23.9 Å². The first kappa shape index (κ1) is 19.9. The first-order chi connectivity index (χ1) is 13.5. The van der Waals surface area contributed by atoms with Crippen LogP contribution in [-0.2, 0) is 17.8 Å². The van der Waals surface area contributed by atoms with Crippen molar-refractivity contribution in [2.75, 3.05) is 12.4 Å². The highest BCUT2D eigenvalue weighted by Gasteiger charge is 2.12. The van der Waals surface area contributed by atoms with Gasteiger partial charge in [0.05, 0.1) is 19.2 Å². The SMILES string of the molecule is COc1ccccc1CNC(=O)Cc1csc(NC(=O)c2ccc(Cl)cc2)n1. The van der Waals surface area contributed by atoms with E-state index >= 15 is 0 Å². The van der Waals surface area contributed by atoms with E-state index in [1.807, 2.05) is 24.3 Å². The molecule has 0 saturated heterocycles. The van der Waals surface area contributed by atoms with Gasteiger partial charge in [-0.15, -0.1) is 11.3 Å². The summed E-state index contributed by atoms with van der Waals surface area (Å²) in [4.78, 5) is 28.7. The number of hydrogen-bond donors (Lipinski definition) is 2. The van der Waals surface area contributed by atoms with Crippen LogP contribution >= 0.6 is 22.9 Å². The van der Waals surface area contributed by atoms with E-state index in [-0.39, 0.29) is 18.2 Å². The molecule has 2 aromatic carbocycles. The standard InChI is InChI=1S/C20H18ClN3O3S/c1-27-17-5-3-2-4-14(17)11-22-18(25)10-16-12-28-20(23-16)24-19(26)13-6-8-15(21)9-7-13/h2-9,12H,10-11H2,1H3,(H,22,25)(H,23,24,26). The van der Waals surface area contributed by atoms with Crippen molar-refractivity contribution in [2.45, 2.75) is 13.0 Å². The molecule has 28 heavy (non-hydrogen) atoms. The van der Waals surface area contributed by atoms with Crippen molar-refractivity contribution in [3.63, 3.8) is 0 Å². The highest BCUT2D eigenvalue weighted by atomic mass is 35.5. The quantitative estimate of drug-likeness (QED) is 0.613. The van der Waals surface area contributed by atoms with E-state index in [1.54, 1.807) is 36.8 Å². The molecule has 0 aliphatic rings. The van der Waals surface area contributed by atoms with Crippen molar-refractivity contribution in [3.05, 3.63) is 75.8 Å². The van der Waals surface area contributed by atoms with Crippen molar-refractivity contribution in [3.8, 4) is 5.75 Å². The van der Waals surface area contributed by atoms with Crippen LogP contribution < -0.4 is 15.4 Å². The molecule has 3 aromatic rings. The monoisotopic (exact) mass is 415 g/mol. The van der Waals surface area contributed by atoms with Crippen molar-refractivity contribution in [1.29, 1.82) is 0 Å². The van der Waals surface area contributed by atoms with E-state index < -0.39 is 0 Å². The van der Waals surface area contributed by atoms with Crippen molar-refractivity contribution < 1.29 is 14.3 Å². The zero-order valence-electron chi connectivity index (χ0n) is 15.1. The van der Waals surface area contributed by atoms with Crippen molar-refractivity contribution in [2.24, 2.45) is 0 Å². The van der Waals surface area contributed by atoms with Gasteiger partial charge >= 0.3 is 0 Å². The third-order valence-corrected chi connectivity index (χ3v) is 4.95. The molecule has 0 radical (unpaired) electrons. The summed E-state index contributed by atoms with van der Waals surface area (Å²) >= 11 is 7.09. The van der Waals surface area contributed by atoms with Gasteiger partial charge in [0.2, 0.25) is 5.91 Å². The first-order valence-electron chi connectivity index (χ1n) is 8.45. The lowest BCUT2D eigenvalue weighted by molar-refractivity contribution is -0.120. The number of carbonyl (C=O) groups is 2. The Kier molecular flexibility index (Phi) is 6.62. The Morgan fingerprint density at radius 2 is 1.89 bits per heavy atom. The smallest absolute Gasteiger partial charge is 0.257 e. The number of rotatable bonds is 7. The van der Waals surface area contributed by atoms with Gasteiger partial charge in [0.1, 0.15) is 5.75 Å². The maximum Gasteiger partial charge on any atom is 0.257 e. The van der Waals surface area contributed by atoms with Gasteiger partial charge in [-0.2, -0.15) is 0 Å². The van der Waals surface area contributed by atoms with Gasteiger partial charge in [-0.05, 0) is 30.3 Å². The van der Waals surface area contributed by atoms with E-state index in [0.717, 1.165) is 11.3 Å². The summed E-state index contributed by atoms with van der Waals surface area (Å²) in [7, 11) is 1.59. The fraction of sp³-hybridized carbons (Fsp3) is 0.150. The number of anilines is 1. The van der Waals surface area contributed by atoms with Gasteiger partial charge in [-0.25, -0.2) is 4.98 Å². The Morgan fingerprint density at radius 3 is 2.64 bits per heavy atom. The van der Waals surface area contributed by atoms with E-state index in [4.69, 9.17) is 16.3 Å². The number of nitrogens with one attached hydrogen (secondary N) is 2. The second-order valence-corrected chi connectivity index (χ2v) is 7.16. The maximum atomic E-state index is 12.2. The number of benzene rings is 2. The minimum absolute atomic E-state index is 0.127. The number of hydrogen-bond acceptors (Lipinski definition) is 5. The number of halogens is 1. The van der Waals surface area contributed by atoms with Crippen LogP contribution in [0.1, 0.15) is 21.6 Å². The number of para-hydroxylation sites is 1. The summed E-state index contributed by atoms with van der Waals surface area (Å²) in [6.45, 7) is 0.368. The van der Waals surface area contributed by atoms with E-state index in [0.29, 0.717) is 28.0 Å². The molecule has 1 heterocycles. The first-order valence-corrected chi connectivity index (χ1v) is 9.71. The molecule has 0 saturated carbocycles. The van der Waals surface area contributed by atoms with Crippen LogP contribution in [0, 0.1) is 0 Å². The molecule has 3 rings (SSSR count). The van der Waals surface area contributed by atoms with Gasteiger partial charge in [0, 0.05) is 28.1 Å². The molecule has 0 unspecified atom stereocenters. The van der Waals surface area contributed by atoms with Crippen LogP contribution in [0.2, 0.25) is 5.02 Å². The molecule has 0 atom stereocenters. The van der Waals surface area contributed by atoms with Gasteiger partial charge in [-0.3, -0.25) is 14.9 Å². The summed E-state index contributed by atoms with van der Waals surface area (Å²) in [5.74, 6) is 0.286. The summed E-state index contributed by atoms with van der Waals surface area (Å²) in [5, 5.41) is 8.32. The lowest BCUT2D eigenvalue weighted by atomic mass is 10.2. The summed E-state index contributed by atoms with van der Waals surface area (Å²) in [5.41, 5.74) is 1.97. The molecule has 2 amide bonds. The molecule has 0 bridgehead atoms. The molecule has 144 valence electrons. The lowest BCUT2D eigenvalue weighted by Gasteiger charge is -2.09. The maximum absolute atomic E-state index is 12.2. The fourth-order valence-corrected chi connectivity index (χ4v) is 3.32. The zero-order chi connectivity index (χ0) is 19.9. The molecule has 2 N–H and O–H groups in total. The Balaban J connectivity index is 1.53. The minimum Gasteiger partial charge on any atom is -0.496 e. The lowest BCUT2D eigenvalue weighted by Crippen LogP contribution is -2.25. The molecule has 1 aromatic heterocycles. The van der Waals surface area contributed by atoms with Crippen LogP contribution in [0.5, 0.6) is 5.75 Å². The normalized spacial score (nSPS) is 10.4. The topological polar surface area (TPSA) is 80.3 Å². The molecule has 0 fully saturated rings. The Hall–Kier alpha value is -2.90. The van der Waals surface area contributed by atoms with E-state index in [9.17, 15) is 9.59 Å². The van der Waals surface area contributed by atoms with Crippen LogP contribution in [0.3, 0.4) is 0 Å². The number of aromatic nitrogens is 1. The van der Waals surface area contributed by atoms with Crippen LogP contribution in [0.25, 0.3) is 0 Å². The number of carbonyl (C=O) groups excluding carboxylic acids is 2. The molecule has 8 heteroatoms. The molecule has 0 aliphatic carbocycles. The Labute approximate surface area is 171 Å². The van der Waals surface area contributed by atoms with Gasteiger partial charge in [0.15, 0.2) is 5.13 Å². The molecule has 0 spiro atoms. The largest absolute Gasteiger partial charge is 0.496 e. The minimum atomic E-state index is -0.279. The average molecular weight is 416 g/mol. The molecular weight excluding hydrogens is 398 g/mol. The second-order valence-electron chi connectivity index (χ2n) is 5.87. The summed E-state index contributed by atoms with van der Waals surface area (Å²) < 4.78 is 5.27. The number of nitrogens with zero attached hydrogens (tertiary/aromatic N) is 1. The van der Waals surface area contributed by atoms with Gasteiger partial charge in [0.25, 0.3) is 5.91 Å². The number of amides is 2. The van der Waals surface area contributed by atoms with Crippen molar-refractivity contribution >= 4 is 39.9 Å². The summed E-state index contributed by atoms with van der Waals surface area (Å²) in [6, 6.07) is 14.1. The number of thiazole rings is 1. The predicted molar refractivity (Wildman–Crippen MR) is 110 cm³/mol. The van der Waals surface area contributed by atoms with Crippen LogP contribution in [0.4, 0.5) is 5.13 Å². The molecule has 6 nitrogen and oxygen atoms in total. The highest BCUT2D eigenvalue weighted by Crippen LogP contribution is 2.19. The van der Waals surface area contributed by atoms with E-state index in [2.05, 4.69) is 15.6 Å². The van der Waals surface area contributed by atoms with Gasteiger partial charge in [-0.1, -0.05) is 29.8 Å². The highest BCUT2D eigenvalue weighted by molar-refractivity contribution is 7.14. The van der Waals surface area contributed by atoms with E-state index in [1.165, 1.54) is 11.3 Å². The second kappa shape index (κ2) is 9.34. The van der Waals surface area contributed by atoms with Crippen LogP contribution in [0.15, 0.2) is 53.9 Å². The third kappa shape index (κ3) is 5.31. The van der Waals surface area contributed by atoms with Crippen molar-refractivity contribution in [1.82, 2.24) is 10.3 Å². The number of ether oxygens (including phenoxy) is 1. The third-order valence-electron chi connectivity index (χ3n) is 3.89. The zero-order valence-corrected chi connectivity index (χ0v) is 16.6. The number of methoxy groups -OCH3 is 1. The predicted octanol–water partition coefficient (Wildman–Crippen LogP) is 3.92. The average Bonchev–Trinajstić information content (AvgIpc) is 3.13. The molecule has 0 aliphatic heterocycles. The Bertz CT molecular complexity index is 973. The summed E-state index contributed by atoms with van der Waals surface area (Å²) in [6.07, 6.45) is 0.127. The molecular formula is C20H18ClN3O3S. The fourth-order valence-electron chi connectivity index (χ4n) is 2.49.